The van der Waals surface area contributed by atoms with Gasteiger partial charge in [0.2, 0.25) is 0 Å². The third-order valence-corrected chi connectivity index (χ3v) is 2.46. The predicted molar refractivity (Wildman–Crippen MR) is 35.9 cm³/mol. The maximum Gasteiger partial charge on any atom is 0.267 e. The molecule has 0 fully saturated rings. The molecule has 1 atom stereocenters. The summed E-state index contributed by atoms with van der Waals surface area (Å²) in [5.74, 6) is 0. The fourth-order valence-electron chi connectivity index (χ4n) is 0.555. The number of hydrogen-bond donors (Lipinski definition) is 1. The molecular weight excluding hydrogens is 140 g/mol. The minimum atomic E-state index is -3.76. The zero-order chi connectivity index (χ0) is 7.49. The van der Waals surface area contributed by atoms with Crippen molar-refractivity contribution in [3.05, 3.63) is 0 Å². The molecule has 0 saturated carbocycles. The monoisotopic (exact) mass is 152 g/mol. The molecule has 0 aliphatic rings. The zero-order valence-electron chi connectivity index (χ0n) is 5.66. The van der Waals surface area contributed by atoms with Gasteiger partial charge in [-0.05, 0) is 13.3 Å². The molecule has 0 amide bonds. The largest absolute Gasteiger partial charge is 0.285 e. The first-order valence-corrected chi connectivity index (χ1v) is 4.45. The molecule has 1 N–H and O–H groups in total. The van der Waals surface area contributed by atoms with Gasteiger partial charge in [-0.25, -0.2) is 0 Å². The molecule has 0 saturated heterocycles. The topological polar surface area (TPSA) is 54.4 Å². The maximum absolute atomic E-state index is 10.3. The Balaban J connectivity index is 3.90. The quantitative estimate of drug-likeness (QED) is 0.615. The van der Waals surface area contributed by atoms with Crippen LogP contribution in [0.25, 0.3) is 0 Å². The minimum Gasteiger partial charge on any atom is -0.285 e. The van der Waals surface area contributed by atoms with Gasteiger partial charge in [0.05, 0.1) is 5.25 Å². The lowest BCUT2D eigenvalue weighted by atomic mass is 10.3. The van der Waals surface area contributed by atoms with Gasteiger partial charge in [-0.1, -0.05) is 13.3 Å². The van der Waals surface area contributed by atoms with Crippen LogP contribution in [0.4, 0.5) is 0 Å². The Morgan fingerprint density at radius 3 is 2.11 bits per heavy atom. The van der Waals surface area contributed by atoms with E-state index in [4.69, 9.17) is 4.55 Å². The maximum atomic E-state index is 10.3. The standard InChI is InChI=1S/C5H12O3S/c1-3-4-5(2)9(6,7)8/h5H,3-4H2,1-2H3,(H,6,7,8). The molecule has 0 aromatic heterocycles. The molecule has 0 aromatic carbocycles. The van der Waals surface area contributed by atoms with Crippen LogP contribution in [0.3, 0.4) is 0 Å². The SMILES string of the molecule is CCCC(C)S(=O)(=O)O. The molecular formula is C5H12O3S. The van der Waals surface area contributed by atoms with Gasteiger partial charge >= 0.3 is 0 Å². The number of rotatable bonds is 3. The normalized spacial score (nSPS) is 15.4. The van der Waals surface area contributed by atoms with E-state index in [9.17, 15) is 8.42 Å². The molecule has 0 aliphatic heterocycles. The van der Waals surface area contributed by atoms with Gasteiger partial charge in [-0.15, -0.1) is 0 Å². The predicted octanol–water partition coefficient (Wildman–Crippen LogP) is 1.06. The van der Waals surface area contributed by atoms with Crippen molar-refractivity contribution in [2.24, 2.45) is 0 Å². The second kappa shape index (κ2) is 3.17. The molecule has 0 spiro atoms. The van der Waals surface area contributed by atoms with Crippen LogP contribution in [0.5, 0.6) is 0 Å². The summed E-state index contributed by atoms with van der Waals surface area (Å²) in [6.07, 6.45) is 1.31. The van der Waals surface area contributed by atoms with Gasteiger partial charge in [0.25, 0.3) is 10.1 Å². The van der Waals surface area contributed by atoms with Crippen LogP contribution in [0.15, 0.2) is 0 Å². The van der Waals surface area contributed by atoms with E-state index in [0.717, 1.165) is 6.42 Å². The van der Waals surface area contributed by atoms with Crippen LogP contribution in [-0.2, 0) is 10.1 Å². The van der Waals surface area contributed by atoms with Gasteiger partial charge in [0, 0.05) is 0 Å². The van der Waals surface area contributed by atoms with E-state index in [1.165, 1.54) is 6.92 Å². The smallest absolute Gasteiger partial charge is 0.267 e. The Labute approximate surface area is 55.8 Å². The van der Waals surface area contributed by atoms with Crippen LogP contribution in [0, 0.1) is 0 Å². The Bertz CT molecular complexity index is 159. The lowest BCUT2D eigenvalue weighted by Gasteiger charge is -2.03. The minimum absolute atomic E-state index is 0.527. The summed E-state index contributed by atoms with van der Waals surface area (Å²) < 4.78 is 28.9. The average Bonchev–Trinajstić information content (AvgIpc) is 1.64. The summed E-state index contributed by atoms with van der Waals surface area (Å²) in [6, 6.07) is 0. The number of hydrogen-bond acceptors (Lipinski definition) is 2. The van der Waals surface area contributed by atoms with Crippen molar-refractivity contribution < 1.29 is 13.0 Å². The Morgan fingerprint density at radius 2 is 2.00 bits per heavy atom. The highest BCUT2D eigenvalue weighted by atomic mass is 32.2. The fraction of sp³-hybridized carbons (Fsp3) is 1.00. The van der Waals surface area contributed by atoms with E-state index in [0.29, 0.717) is 6.42 Å². The summed E-state index contributed by atoms with van der Waals surface area (Å²) in [5.41, 5.74) is 0. The second-order valence-electron chi connectivity index (χ2n) is 2.11. The van der Waals surface area contributed by atoms with Crippen molar-refractivity contribution in [2.45, 2.75) is 31.9 Å². The molecule has 3 nitrogen and oxygen atoms in total. The van der Waals surface area contributed by atoms with E-state index in [2.05, 4.69) is 0 Å². The van der Waals surface area contributed by atoms with E-state index in [1.54, 1.807) is 0 Å². The van der Waals surface area contributed by atoms with E-state index >= 15 is 0 Å². The van der Waals surface area contributed by atoms with Gasteiger partial charge in [-0.3, -0.25) is 4.55 Å². The van der Waals surface area contributed by atoms with Gasteiger partial charge < -0.3 is 0 Å². The summed E-state index contributed by atoms with van der Waals surface area (Å²) in [7, 11) is -3.76. The van der Waals surface area contributed by atoms with E-state index in [-0.39, 0.29) is 0 Å². The molecule has 0 aliphatic carbocycles. The highest BCUT2D eigenvalue weighted by Crippen LogP contribution is 2.04. The van der Waals surface area contributed by atoms with Crippen molar-refractivity contribution in [1.82, 2.24) is 0 Å². The lowest BCUT2D eigenvalue weighted by molar-refractivity contribution is 0.465. The van der Waals surface area contributed by atoms with Crippen LogP contribution in [0.2, 0.25) is 0 Å². The molecule has 0 aromatic rings. The molecule has 0 bridgehead atoms. The van der Waals surface area contributed by atoms with Crippen molar-refractivity contribution in [3.63, 3.8) is 0 Å². The highest BCUT2D eigenvalue weighted by Gasteiger charge is 2.14. The first-order valence-electron chi connectivity index (χ1n) is 2.94. The van der Waals surface area contributed by atoms with Crippen LogP contribution >= 0.6 is 0 Å². The third kappa shape index (κ3) is 3.48. The average molecular weight is 152 g/mol. The molecule has 4 heteroatoms. The van der Waals surface area contributed by atoms with E-state index in [1.807, 2.05) is 6.92 Å². The molecule has 1 unspecified atom stereocenters. The van der Waals surface area contributed by atoms with Crippen LogP contribution in [-0.4, -0.2) is 18.2 Å². The van der Waals surface area contributed by atoms with Gasteiger partial charge in [-0.2, -0.15) is 8.42 Å². The lowest BCUT2D eigenvalue weighted by Crippen LogP contribution is -2.15. The molecule has 0 radical (unpaired) electrons. The second-order valence-corrected chi connectivity index (χ2v) is 3.95. The molecule has 56 valence electrons. The summed E-state index contributed by atoms with van der Waals surface area (Å²) in [6.45, 7) is 3.38. The van der Waals surface area contributed by atoms with Crippen molar-refractivity contribution in [3.8, 4) is 0 Å². The molecule has 0 rings (SSSR count). The van der Waals surface area contributed by atoms with Gasteiger partial charge in [0.15, 0.2) is 0 Å². The Morgan fingerprint density at radius 1 is 1.56 bits per heavy atom. The van der Waals surface area contributed by atoms with Crippen molar-refractivity contribution in [2.75, 3.05) is 0 Å². The molecule has 0 heterocycles. The fourth-order valence-corrected chi connectivity index (χ4v) is 1.09. The van der Waals surface area contributed by atoms with Gasteiger partial charge in [0.1, 0.15) is 0 Å². The van der Waals surface area contributed by atoms with Crippen molar-refractivity contribution >= 4 is 10.1 Å². The van der Waals surface area contributed by atoms with E-state index < -0.39 is 15.4 Å². The Hall–Kier alpha value is -0.0900. The summed E-state index contributed by atoms with van der Waals surface area (Å²) in [5, 5.41) is -0.609. The van der Waals surface area contributed by atoms with Crippen molar-refractivity contribution in [1.29, 1.82) is 0 Å². The van der Waals surface area contributed by atoms with Crippen LogP contribution < -0.4 is 0 Å². The highest BCUT2D eigenvalue weighted by molar-refractivity contribution is 7.86. The van der Waals surface area contributed by atoms with Crippen LogP contribution in [0.1, 0.15) is 26.7 Å². The first-order chi connectivity index (χ1) is 3.98. The third-order valence-electron chi connectivity index (χ3n) is 1.20. The summed E-state index contributed by atoms with van der Waals surface area (Å²) >= 11 is 0. The zero-order valence-corrected chi connectivity index (χ0v) is 6.48. The summed E-state index contributed by atoms with van der Waals surface area (Å²) in [4.78, 5) is 0. The first kappa shape index (κ1) is 8.91. The Kier molecular flexibility index (Phi) is 3.14. The molecule has 9 heavy (non-hydrogen) atoms.